The summed E-state index contributed by atoms with van der Waals surface area (Å²) in [5.41, 5.74) is 8.80. The first-order chi connectivity index (χ1) is 17.6. The van der Waals surface area contributed by atoms with E-state index >= 15 is 0 Å². The van der Waals surface area contributed by atoms with Gasteiger partial charge >= 0.3 is 10.4 Å². The Kier molecular flexibility index (Phi) is 12.6. The van der Waals surface area contributed by atoms with Crippen LogP contribution in [0.2, 0.25) is 0 Å². The van der Waals surface area contributed by atoms with E-state index in [1.54, 1.807) is 30.5 Å². The van der Waals surface area contributed by atoms with Crippen LogP contribution in [-0.4, -0.2) is 35.9 Å². The fourth-order valence-electron chi connectivity index (χ4n) is 2.57. The number of amides is 1. The van der Waals surface area contributed by atoms with Crippen LogP contribution < -0.4 is 10.9 Å². The molecule has 4 N–H and O–H groups in total. The second kappa shape index (κ2) is 15.6. The van der Waals surface area contributed by atoms with Crippen LogP contribution >= 0.6 is 31.9 Å². The zero-order valence-electron chi connectivity index (χ0n) is 19.1. The van der Waals surface area contributed by atoms with Gasteiger partial charge < -0.3 is 0 Å². The lowest BCUT2D eigenvalue weighted by Crippen LogP contribution is -2.17. The molecule has 0 aliphatic rings. The maximum Gasteiger partial charge on any atom is 0.394 e. The highest BCUT2D eigenvalue weighted by molar-refractivity contribution is 9.12. The predicted octanol–water partition coefficient (Wildman–Crippen LogP) is 6.02. The van der Waals surface area contributed by atoms with Gasteiger partial charge in [-0.05, 0) is 79.4 Å². The third-order valence-electron chi connectivity index (χ3n) is 4.09. The molecule has 3 rings (SSSR count). The van der Waals surface area contributed by atoms with Crippen molar-refractivity contribution in [3.05, 3.63) is 111 Å². The Balaban J connectivity index is 0.000000877. The van der Waals surface area contributed by atoms with Crippen LogP contribution in [0.5, 0.6) is 0 Å². The summed E-state index contributed by atoms with van der Waals surface area (Å²) in [6, 6.07) is 26.7. The van der Waals surface area contributed by atoms with Crippen LogP contribution in [0.1, 0.15) is 21.5 Å². The number of nitrogens with zero attached hydrogens (tertiary/aromatic N) is 2. The normalized spacial score (nSPS) is 12.2. The number of nitrogens with one attached hydrogen (secondary N) is 2. The topological polar surface area (TPSA) is 140 Å². The Labute approximate surface area is 231 Å². The molecule has 37 heavy (non-hydrogen) atoms. The molecular formula is C25H22Br2N4O5S. The van der Waals surface area contributed by atoms with Crippen molar-refractivity contribution < 1.29 is 22.3 Å². The number of rotatable bonds is 8. The zero-order valence-corrected chi connectivity index (χ0v) is 23.1. The molecule has 0 fully saturated rings. The van der Waals surface area contributed by atoms with Crippen LogP contribution in [0.3, 0.4) is 0 Å². The van der Waals surface area contributed by atoms with Crippen LogP contribution in [0.25, 0.3) is 12.2 Å². The van der Waals surface area contributed by atoms with Crippen molar-refractivity contribution in [3.8, 4) is 0 Å². The van der Waals surface area contributed by atoms with Gasteiger partial charge in [0, 0.05) is 14.5 Å². The highest BCUT2D eigenvalue weighted by atomic mass is 79.9. The molecule has 9 nitrogen and oxygen atoms in total. The van der Waals surface area contributed by atoms with Gasteiger partial charge in [-0.3, -0.25) is 19.3 Å². The quantitative estimate of drug-likeness (QED) is 0.134. The molecule has 0 aromatic heterocycles. The molecule has 0 radical (unpaired) electrons. The molecule has 1 amide bonds. The Hall–Kier alpha value is -3.42. The minimum atomic E-state index is -4.67. The van der Waals surface area contributed by atoms with Crippen molar-refractivity contribution in [3.63, 3.8) is 0 Å². The van der Waals surface area contributed by atoms with Gasteiger partial charge in [-0.2, -0.15) is 18.6 Å². The number of carbonyl (C=O) groups excluding carboxylic acids is 1. The molecular weight excluding hydrogens is 628 g/mol. The minimum Gasteiger partial charge on any atom is -0.278 e. The number of benzene rings is 3. The average Bonchev–Trinajstić information content (AvgIpc) is 2.84. The molecule has 3 aromatic rings. The third-order valence-corrected chi connectivity index (χ3v) is 4.96. The summed E-state index contributed by atoms with van der Waals surface area (Å²) in [4.78, 5) is 12.2. The van der Waals surface area contributed by atoms with Gasteiger partial charge in [-0.15, -0.1) is 0 Å². The van der Waals surface area contributed by atoms with Gasteiger partial charge in [0.15, 0.2) is 0 Å². The van der Waals surface area contributed by atoms with Crippen molar-refractivity contribution in [1.29, 1.82) is 0 Å². The van der Waals surface area contributed by atoms with E-state index in [1.807, 2.05) is 72.8 Å². The second-order valence-electron chi connectivity index (χ2n) is 6.97. The van der Waals surface area contributed by atoms with E-state index < -0.39 is 10.4 Å². The van der Waals surface area contributed by atoms with Gasteiger partial charge in [0.25, 0.3) is 5.91 Å². The molecule has 0 aliphatic carbocycles. The highest BCUT2D eigenvalue weighted by Crippen LogP contribution is 2.13. The molecule has 0 aliphatic heterocycles. The number of hydrazone groups is 2. The fourth-order valence-corrected chi connectivity index (χ4v) is 3.31. The molecule has 0 saturated carbocycles. The number of allylic oxidation sites excluding steroid dienone is 2. The number of carbonyl (C=O) groups is 1. The molecule has 0 spiro atoms. The SMILES string of the molecule is O=C(NN=CC(Br)=Cc1ccccc1)c1ccc(NN=CC(Br)=Cc2ccccc2)cc1.O=S(=O)(O)O. The smallest absolute Gasteiger partial charge is 0.278 e. The molecule has 3 aromatic carbocycles. The second-order valence-corrected chi connectivity index (χ2v) is 9.70. The molecule has 192 valence electrons. The van der Waals surface area contributed by atoms with Crippen LogP contribution in [-0.2, 0) is 10.4 Å². The van der Waals surface area contributed by atoms with Crippen molar-refractivity contribution in [1.82, 2.24) is 5.43 Å². The number of hydrogen-bond acceptors (Lipinski definition) is 6. The maximum absolute atomic E-state index is 12.2. The van der Waals surface area contributed by atoms with Crippen molar-refractivity contribution >= 4 is 78.4 Å². The number of anilines is 1. The van der Waals surface area contributed by atoms with Crippen molar-refractivity contribution in [2.45, 2.75) is 0 Å². The van der Waals surface area contributed by atoms with Crippen molar-refractivity contribution in [2.24, 2.45) is 10.2 Å². The average molecular weight is 650 g/mol. The maximum atomic E-state index is 12.2. The van der Waals surface area contributed by atoms with E-state index in [9.17, 15) is 4.79 Å². The number of hydrogen-bond donors (Lipinski definition) is 4. The fraction of sp³-hybridized carbons (Fsp3) is 0. The monoisotopic (exact) mass is 648 g/mol. The van der Waals surface area contributed by atoms with E-state index in [2.05, 4.69) is 52.9 Å². The van der Waals surface area contributed by atoms with Crippen molar-refractivity contribution in [2.75, 3.05) is 5.43 Å². The summed E-state index contributed by atoms with van der Waals surface area (Å²) >= 11 is 6.88. The van der Waals surface area contributed by atoms with E-state index in [-0.39, 0.29) is 5.91 Å². The molecule has 12 heteroatoms. The molecule has 0 unspecified atom stereocenters. The van der Waals surface area contributed by atoms with Crippen LogP contribution in [0.4, 0.5) is 5.69 Å². The molecule has 0 bridgehead atoms. The van der Waals surface area contributed by atoms with E-state index in [4.69, 9.17) is 17.5 Å². The Morgan fingerprint density at radius 3 is 1.62 bits per heavy atom. The Morgan fingerprint density at radius 2 is 1.16 bits per heavy atom. The van der Waals surface area contributed by atoms with Gasteiger partial charge in [0.05, 0.1) is 18.1 Å². The summed E-state index contributed by atoms with van der Waals surface area (Å²) in [6.07, 6.45) is 7.08. The third kappa shape index (κ3) is 14.0. The standard InChI is InChI=1S/C25H20Br2N4O.H2O4S/c26-22(15-19-7-3-1-4-8-19)17-28-30-24-13-11-21(12-14-24)25(32)31-29-18-23(27)16-20-9-5-2-6-10-20;1-5(2,3)4/h1-18,30H,(H,31,32);(H2,1,2,3,4). The van der Waals surface area contributed by atoms with Gasteiger partial charge in [-0.1, -0.05) is 60.7 Å². The summed E-state index contributed by atoms with van der Waals surface area (Å²) in [6.45, 7) is 0. The largest absolute Gasteiger partial charge is 0.394 e. The van der Waals surface area contributed by atoms with E-state index in [0.717, 1.165) is 25.8 Å². The van der Waals surface area contributed by atoms with E-state index in [0.29, 0.717) is 5.56 Å². The lowest BCUT2D eigenvalue weighted by molar-refractivity contribution is 0.0955. The first-order valence-corrected chi connectivity index (χ1v) is 13.4. The predicted molar refractivity (Wildman–Crippen MR) is 155 cm³/mol. The highest BCUT2D eigenvalue weighted by Gasteiger charge is 2.03. The molecule has 0 atom stereocenters. The summed E-state index contributed by atoms with van der Waals surface area (Å²) < 4.78 is 33.2. The van der Waals surface area contributed by atoms with Crippen LogP contribution in [0, 0.1) is 0 Å². The first kappa shape index (κ1) is 29.8. The van der Waals surface area contributed by atoms with Gasteiger partial charge in [0.1, 0.15) is 0 Å². The van der Waals surface area contributed by atoms with Gasteiger partial charge in [-0.25, -0.2) is 5.43 Å². The van der Waals surface area contributed by atoms with Crippen LogP contribution in [0.15, 0.2) is 104 Å². The first-order valence-electron chi connectivity index (χ1n) is 10.4. The Bertz CT molecular complexity index is 1370. The zero-order chi connectivity index (χ0) is 27.1. The lowest BCUT2D eigenvalue weighted by atomic mass is 10.2. The Morgan fingerprint density at radius 1 is 0.730 bits per heavy atom. The lowest BCUT2D eigenvalue weighted by Gasteiger charge is -2.03. The number of halogens is 2. The molecule has 0 heterocycles. The summed E-state index contributed by atoms with van der Waals surface area (Å²) in [5.74, 6) is -0.301. The van der Waals surface area contributed by atoms with E-state index in [1.165, 1.54) is 6.21 Å². The molecule has 0 saturated heterocycles. The summed E-state index contributed by atoms with van der Waals surface area (Å²) in [7, 11) is -4.67. The minimum absolute atomic E-state index is 0.301. The van der Waals surface area contributed by atoms with Gasteiger partial charge in [0.2, 0.25) is 0 Å². The summed E-state index contributed by atoms with van der Waals surface area (Å²) in [5, 5.41) is 8.17.